The first-order valence-corrected chi connectivity index (χ1v) is 9.81. The van der Waals surface area contributed by atoms with Crippen molar-refractivity contribution in [3.8, 4) is 0 Å². The van der Waals surface area contributed by atoms with Gasteiger partial charge in [0.05, 0.1) is 12.0 Å². The number of piperidine rings is 1. The Morgan fingerprint density at radius 3 is 2.54 bits per heavy atom. The predicted molar refractivity (Wildman–Crippen MR) is 101 cm³/mol. The van der Waals surface area contributed by atoms with Crippen LogP contribution in [0.5, 0.6) is 0 Å². The topological polar surface area (TPSA) is 58.6 Å². The molecule has 0 spiro atoms. The second-order valence-electron chi connectivity index (χ2n) is 7.48. The Labute approximate surface area is 156 Å². The summed E-state index contributed by atoms with van der Waals surface area (Å²) in [4.78, 5) is 27.3. The maximum Gasteiger partial charge on any atom is 0.225 e. The molecule has 0 aliphatic carbocycles. The minimum Gasteiger partial charge on any atom is -0.381 e. The van der Waals surface area contributed by atoms with Gasteiger partial charge in [0.2, 0.25) is 11.8 Å². The quantitative estimate of drug-likeness (QED) is 0.880. The summed E-state index contributed by atoms with van der Waals surface area (Å²) in [6, 6.07) is 8.05. The fraction of sp³-hybridized carbons (Fsp3) is 0.619. The minimum absolute atomic E-state index is 0.0769. The number of nitrogens with zero attached hydrogens (tertiary/aromatic N) is 1. The van der Waals surface area contributed by atoms with Crippen LogP contribution in [0.3, 0.4) is 0 Å². The number of nitrogens with one attached hydrogen (secondary N) is 1. The van der Waals surface area contributed by atoms with Gasteiger partial charge in [-0.15, -0.1) is 0 Å². The van der Waals surface area contributed by atoms with Crippen molar-refractivity contribution in [3.63, 3.8) is 0 Å². The zero-order valence-electron chi connectivity index (χ0n) is 15.9. The van der Waals surface area contributed by atoms with Gasteiger partial charge in [0.15, 0.2) is 0 Å². The summed E-state index contributed by atoms with van der Waals surface area (Å²) in [6.07, 6.45) is 3.08. The van der Waals surface area contributed by atoms with Crippen molar-refractivity contribution in [2.75, 3.05) is 26.3 Å². The van der Waals surface area contributed by atoms with Gasteiger partial charge >= 0.3 is 0 Å². The van der Waals surface area contributed by atoms with Crippen LogP contribution in [0.2, 0.25) is 0 Å². The molecule has 26 heavy (non-hydrogen) atoms. The summed E-state index contributed by atoms with van der Waals surface area (Å²) >= 11 is 0. The van der Waals surface area contributed by atoms with Crippen LogP contribution in [0.4, 0.5) is 0 Å². The molecular formula is C21H30N2O3. The highest BCUT2D eigenvalue weighted by molar-refractivity contribution is 5.85. The Kier molecular flexibility index (Phi) is 6.30. The Morgan fingerprint density at radius 2 is 1.88 bits per heavy atom. The molecule has 0 saturated carbocycles. The van der Waals surface area contributed by atoms with Crippen LogP contribution in [0, 0.1) is 18.8 Å². The summed E-state index contributed by atoms with van der Waals surface area (Å²) in [5.41, 5.74) is 2.23. The molecule has 2 saturated heterocycles. The Bertz CT molecular complexity index is 623. The van der Waals surface area contributed by atoms with Gasteiger partial charge in [-0.25, -0.2) is 0 Å². The van der Waals surface area contributed by atoms with Crippen molar-refractivity contribution in [1.82, 2.24) is 10.2 Å². The number of rotatable bonds is 5. The lowest BCUT2D eigenvalue weighted by Gasteiger charge is -2.40. The largest absolute Gasteiger partial charge is 0.381 e. The van der Waals surface area contributed by atoms with E-state index in [-0.39, 0.29) is 23.8 Å². The molecule has 0 aromatic heterocycles. The van der Waals surface area contributed by atoms with E-state index in [4.69, 9.17) is 4.74 Å². The van der Waals surface area contributed by atoms with Gasteiger partial charge in [-0.1, -0.05) is 29.8 Å². The fourth-order valence-electron chi connectivity index (χ4n) is 4.10. The molecule has 0 radical (unpaired) electrons. The summed E-state index contributed by atoms with van der Waals surface area (Å²) in [5.74, 6) is 0.535. The first-order valence-electron chi connectivity index (χ1n) is 9.81. The predicted octanol–water partition coefficient (Wildman–Crippen LogP) is 2.84. The molecule has 5 nitrogen and oxygen atoms in total. The van der Waals surface area contributed by atoms with Crippen molar-refractivity contribution >= 4 is 11.8 Å². The van der Waals surface area contributed by atoms with Crippen LogP contribution in [-0.2, 0) is 14.3 Å². The van der Waals surface area contributed by atoms with Crippen molar-refractivity contribution in [3.05, 3.63) is 35.4 Å². The summed E-state index contributed by atoms with van der Waals surface area (Å²) in [7, 11) is 0. The number of hydrogen-bond acceptors (Lipinski definition) is 3. The van der Waals surface area contributed by atoms with Gasteiger partial charge in [-0.2, -0.15) is 0 Å². The average molecular weight is 358 g/mol. The third kappa shape index (κ3) is 4.26. The van der Waals surface area contributed by atoms with E-state index in [0.717, 1.165) is 31.6 Å². The molecule has 0 unspecified atom stereocenters. The Balaban J connectivity index is 1.74. The van der Waals surface area contributed by atoms with E-state index in [1.807, 2.05) is 18.7 Å². The monoisotopic (exact) mass is 358 g/mol. The highest BCUT2D eigenvalue weighted by atomic mass is 16.5. The Morgan fingerprint density at radius 1 is 1.19 bits per heavy atom. The molecule has 2 fully saturated rings. The number of aryl methyl sites for hydroxylation is 1. The molecule has 2 amide bonds. The first kappa shape index (κ1) is 18.9. The number of carbonyl (C=O) groups excluding carboxylic acids is 2. The number of benzene rings is 1. The molecule has 142 valence electrons. The molecule has 1 N–H and O–H groups in total. The summed E-state index contributed by atoms with van der Waals surface area (Å²) < 4.78 is 5.39. The molecule has 2 heterocycles. The summed E-state index contributed by atoms with van der Waals surface area (Å²) in [6.45, 7) is 6.94. The third-order valence-electron chi connectivity index (χ3n) is 5.71. The van der Waals surface area contributed by atoms with Gasteiger partial charge in [-0.05, 0) is 44.6 Å². The smallest absolute Gasteiger partial charge is 0.225 e. The average Bonchev–Trinajstić information content (AvgIpc) is 2.67. The van der Waals surface area contributed by atoms with E-state index >= 15 is 0 Å². The van der Waals surface area contributed by atoms with Gasteiger partial charge < -0.3 is 15.0 Å². The number of carbonyl (C=O) groups is 2. The molecule has 2 atom stereocenters. The van der Waals surface area contributed by atoms with Crippen LogP contribution < -0.4 is 5.32 Å². The maximum absolute atomic E-state index is 13.0. The molecular weight excluding hydrogens is 328 g/mol. The molecule has 0 bridgehead atoms. The number of likely N-dealkylation sites (tertiary alicyclic amines) is 1. The molecule has 1 aromatic rings. The zero-order valence-corrected chi connectivity index (χ0v) is 15.9. The van der Waals surface area contributed by atoms with Crippen LogP contribution >= 0.6 is 0 Å². The normalized spacial score (nSPS) is 24.5. The number of ether oxygens (including phenoxy) is 1. The number of hydrogen-bond donors (Lipinski definition) is 1. The summed E-state index contributed by atoms with van der Waals surface area (Å²) in [5, 5.41) is 3.16. The van der Waals surface area contributed by atoms with Crippen LogP contribution in [0.15, 0.2) is 24.3 Å². The number of amides is 2. The molecule has 3 rings (SSSR count). The SMILES string of the molecule is CCN1C(=O)CC[C@@H](C(=O)NCC2CCOCC2)[C@@H]1c1ccc(C)cc1. The van der Waals surface area contributed by atoms with E-state index < -0.39 is 0 Å². The first-order chi connectivity index (χ1) is 12.6. The van der Waals surface area contributed by atoms with Gasteiger partial charge in [-0.3, -0.25) is 9.59 Å². The highest BCUT2D eigenvalue weighted by Crippen LogP contribution is 2.37. The highest BCUT2D eigenvalue weighted by Gasteiger charge is 2.39. The lowest BCUT2D eigenvalue weighted by atomic mass is 9.83. The van der Waals surface area contributed by atoms with E-state index in [1.165, 1.54) is 5.56 Å². The van der Waals surface area contributed by atoms with Crippen molar-refractivity contribution in [2.45, 2.75) is 45.6 Å². The fourth-order valence-corrected chi connectivity index (χ4v) is 4.10. The lowest BCUT2D eigenvalue weighted by molar-refractivity contribution is -0.143. The van der Waals surface area contributed by atoms with Gasteiger partial charge in [0.25, 0.3) is 0 Å². The second-order valence-corrected chi connectivity index (χ2v) is 7.48. The van der Waals surface area contributed by atoms with Crippen molar-refractivity contribution in [1.29, 1.82) is 0 Å². The molecule has 2 aliphatic heterocycles. The van der Waals surface area contributed by atoms with Crippen LogP contribution in [0.1, 0.15) is 49.8 Å². The van der Waals surface area contributed by atoms with Gasteiger partial charge in [0.1, 0.15) is 0 Å². The maximum atomic E-state index is 13.0. The van der Waals surface area contributed by atoms with E-state index in [1.54, 1.807) is 0 Å². The second kappa shape index (κ2) is 8.67. The lowest BCUT2D eigenvalue weighted by Crippen LogP contribution is -2.48. The van der Waals surface area contributed by atoms with Crippen molar-refractivity contribution < 1.29 is 14.3 Å². The molecule has 1 aromatic carbocycles. The van der Waals surface area contributed by atoms with E-state index in [2.05, 4.69) is 29.6 Å². The van der Waals surface area contributed by atoms with Crippen LogP contribution in [0.25, 0.3) is 0 Å². The minimum atomic E-state index is -0.185. The van der Waals surface area contributed by atoms with E-state index in [0.29, 0.717) is 31.8 Å². The molecule has 2 aliphatic rings. The van der Waals surface area contributed by atoms with Gasteiger partial charge in [0, 0.05) is 32.7 Å². The molecule has 5 heteroatoms. The Hall–Kier alpha value is -1.88. The standard InChI is InChI=1S/C21H30N2O3/c1-3-23-19(24)9-8-18(20(23)17-6-4-15(2)5-7-17)21(25)22-14-16-10-12-26-13-11-16/h4-7,16,18,20H,3,8-14H2,1-2H3,(H,22,25)/t18-,20+/m1/s1. The van der Waals surface area contributed by atoms with Crippen LogP contribution in [-0.4, -0.2) is 43.0 Å². The third-order valence-corrected chi connectivity index (χ3v) is 5.71. The van der Waals surface area contributed by atoms with E-state index in [9.17, 15) is 9.59 Å². The zero-order chi connectivity index (χ0) is 18.5. The van der Waals surface area contributed by atoms with Crippen molar-refractivity contribution in [2.24, 2.45) is 11.8 Å².